The van der Waals surface area contributed by atoms with Crippen molar-refractivity contribution in [3.8, 4) is 6.07 Å². The Labute approximate surface area is 146 Å². The Balaban J connectivity index is 2.06. The summed E-state index contributed by atoms with van der Waals surface area (Å²) in [6, 6.07) is 1.78. The van der Waals surface area contributed by atoms with Crippen LogP contribution in [0.2, 0.25) is 0 Å². The van der Waals surface area contributed by atoms with Gasteiger partial charge in [-0.2, -0.15) is 5.26 Å². The molecule has 0 heterocycles. The molecule has 0 amide bonds. The maximum absolute atomic E-state index is 14.4. The fourth-order valence-electron chi connectivity index (χ4n) is 5.36. The van der Waals surface area contributed by atoms with E-state index in [1.54, 1.807) is 11.6 Å². The molecule has 0 aliphatic heterocycles. The van der Waals surface area contributed by atoms with Gasteiger partial charge in [-0.1, -0.05) is 25.5 Å². The molecule has 0 bridgehead atoms. The summed E-state index contributed by atoms with van der Waals surface area (Å²) in [6.45, 7) is 9.39. The molecule has 4 atom stereocenters. The van der Waals surface area contributed by atoms with E-state index in [1.165, 1.54) is 39.5 Å². The van der Waals surface area contributed by atoms with Gasteiger partial charge in [0.2, 0.25) is 0 Å². The van der Waals surface area contributed by atoms with Gasteiger partial charge in [0.1, 0.15) is 5.41 Å². The van der Waals surface area contributed by atoms with Gasteiger partial charge in [-0.05, 0) is 82.5 Å². The number of hydrogen-bond acceptors (Lipinski definition) is 1. The molecule has 136 valence electrons. The van der Waals surface area contributed by atoms with Crippen LogP contribution in [0, 0.1) is 39.9 Å². The van der Waals surface area contributed by atoms with E-state index >= 15 is 0 Å². The van der Waals surface area contributed by atoms with E-state index in [1.807, 2.05) is 0 Å². The van der Waals surface area contributed by atoms with Crippen LogP contribution in [0.3, 0.4) is 0 Å². The van der Waals surface area contributed by atoms with Crippen LogP contribution in [0.4, 0.5) is 8.78 Å². The van der Waals surface area contributed by atoms with Crippen LogP contribution < -0.4 is 0 Å². The molecule has 2 saturated carbocycles. The predicted octanol–water partition coefficient (Wildman–Crippen LogP) is 6.75. The summed E-state index contributed by atoms with van der Waals surface area (Å²) in [5, 5.41) is 9.02. The Kier molecular flexibility index (Phi) is 5.48. The monoisotopic (exact) mass is 337 g/mol. The van der Waals surface area contributed by atoms with Gasteiger partial charge >= 0.3 is 0 Å². The predicted molar refractivity (Wildman–Crippen MR) is 94.7 cm³/mol. The molecule has 0 radical (unpaired) electrons. The number of alkyl halides is 2. The first-order valence-corrected chi connectivity index (χ1v) is 9.53. The van der Waals surface area contributed by atoms with Gasteiger partial charge in [-0.3, -0.25) is 0 Å². The fraction of sp³-hybridized carbons (Fsp3) is 0.857. The van der Waals surface area contributed by atoms with E-state index in [-0.39, 0.29) is 17.8 Å². The molecule has 0 spiro atoms. The molecule has 2 rings (SSSR count). The first-order valence-electron chi connectivity index (χ1n) is 9.53. The van der Waals surface area contributed by atoms with Crippen LogP contribution in [-0.2, 0) is 0 Å². The minimum Gasteiger partial charge on any atom is -0.205 e. The summed E-state index contributed by atoms with van der Waals surface area (Å²) in [5.74, 6) is -1.45. The van der Waals surface area contributed by atoms with Gasteiger partial charge in [-0.15, -0.1) is 0 Å². The normalized spacial score (nSPS) is 34.0. The zero-order chi connectivity index (χ0) is 18.2. The summed E-state index contributed by atoms with van der Waals surface area (Å²) in [5.41, 5.74) is 0.284. The first kappa shape index (κ1) is 19.4. The van der Waals surface area contributed by atoms with Crippen molar-refractivity contribution in [2.75, 3.05) is 0 Å². The quantitative estimate of drug-likeness (QED) is 0.509. The minimum atomic E-state index is -2.92. The highest BCUT2D eigenvalue weighted by Gasteiger charge is 2.52. The molecule has 0 N–H and O–H groups in total. The molecule has 1 nitrogen and oxygen atoms in total. The van der Waals surface area contributed by atoms with Gasteiger partial charge in [0.15, 0.2) is 0 Å². The molecule has 0 aromatic carbocycles. The van der Waals surface area contributed by atoms with Gasteiger partial charge in [0, 0.05) is 6.42 Å². The van der Waals surface area contributed by atoms with Crippen LogP contribution in [0.5, 0.6) is 0 Å². The molecule has 4 unspecified atom stereocenters. The lowest BCUT2D eigenvalue weighted by molar-refractivity contribution is -0.0907. The third-order valence-corrected chi connectivity index (χ3v) is 7.20. The summed E-state index contributed by atoms with van der Waals surface area (Å²) < 4.78 is 28.7. The van der Waals surface area contributed by atoms with Crippen LogP contribution in [0.15, 0.2) is 11.6 Å². The van der Waals surface area contributed by atoms with Crippen LogP contribution >= 0.6 is 0 Å². The van der Waals surface area contributed by atoms with Crippen molar-refractivity contribution in [2.45, 2.75) is 85.5 Å². The van der Waals surface area contributed by atoms with Crippen LogP contribution in [0.25, 0.3) is 0 Å². The molecule has 0 aromatic rings. The largest absolute Gasteiger partial charge is 0.265 e. The molecular formula is C21H33F2N. The van der Waals surface area contributed by atoms with Crippen LogP contribution in [-0.4, -0.2) is 5.92 Å². The summed E-state index contributed by atoms with van der Waals surface area (Å²) in [4.78, 5) is 0. The van der Waals surface area contributed by atoms with Gasteiger partial charge < -0.3 is 0 Å². The zero-order valence-corrected chi connectivity index (χ0v) is 16.0. The lowest BCUT2D eigenvalue weighted by atomic mass is 9.60. The lowest BCUT2D eigenvalue weighted by Gasteiger charge is -2.44. The van der Waals surface area contributed by atoms with Crippen molar-refractivity contribution >= 4 is 0 Å². The minimum absolute atomic E-state index is 0.178. The summed E-state index contributed by atoms with van der Waals surface area (Å²) >= 11 is 0. The number of allylic oxidation sites excluding steroid dienone is 2. The molecule has 0 aromatic heterocycles. The first-order chi connectivity index (χ1) is 11.1. The van der Waals surface area contributed by atoms with Crippen molar-refractivity contribution in [1.29, 1.82) is 5.26 Å². The smallest absolute Gasteiger partial charge is 0.205 e. The highest BCUT2D eigenvalue weighted by Crippen LogP contribution is 2.60. The van der Waals surface area contributed by atoms with Crippen LogP contribution in [0.1, 0.15) is 79.6 Å². The van der Waals surface area contributed by atoms with E-state index < -0.39 is 11.3 Å². The van der Waals surface area contributed by atoms with E-state index in [0.29, 0.717) is 18.3 Å². The summed E-state index contributed by atoms with van der Waals surface area (Å²) in [6.07, 6.45) is 8.67. The molecule has 3 heteroatoms. The molecular weight excluding hydrogens is 304 g/mol. The van der Waals surface area contributed by atoms with E-state index in [2.05, 4.69) is 26.8 Å². The standard InChI is InChI=1S/C21H33F2N/c1-6-16-8-7-12-20(5)17(9-10-18(16)20)15(2)11-13-21(22,23)19(3,4)14-24/h6,15,17-18H,7-13H2,1-5H3/b16-6+. The average molecular weight is 337 g/mol. The summed E-state index contributed by atoms with van der Waals surface area (Å²) in [7, 11) is 0. The van der Waals surface area contributed by atoms with Gasteiger partial charge in [0.25, 0.3) is 5.92 Å². The number of hydrogen-bond donors (Lipinski definition) is 0. The third kappa shape index (κ3) is 3.26. The highest BCUT2D eigenvalue weighted by molar-refractivity contribution is 5.18. The molecule has 2 aliphatic rings. The van der Waals surface area contributed by atoms with Crippen molar-refractivity contribution in [3.05, 3.63) is 11.6 Å². The fourth-order valence-corrected chi connectivity index (χ4v) is 5.36. The molecule has 2 aliphatic carbocycles. The Morgan fingerprint density at radius 1 is 1.38 bits per heavy atom. The Hall–Kier alpha value is -0.910. The number of nitrogens with zero attached hydrogens (tertiary/aromatic N) is 1. The average Bonchev–Trinajstić information content (AvgIpc) is 2.89. The second kappa shape index (κ2) is 6.77. The Morgan fingerprint density at radius 3 is 2.62 bits per heavy atom. The van der Waals surface area contributed by atoms with Gasteiger partial charge in [0.05, 0.1) is 6.07 Å². The molecule has 24 heavy (non-hydrogen) atoms. The number of rotatable bonds is 5. The zero-order valence-electron chi connectivity index (χ0n) is 16.0. The molecule has 2 fully saturated rings. The second-order valence-corrected chi connectivity index (χ2v) is 8.92. The third-order valence-electron chi connectivity index (χ3n) is 7.20. The molecule has 0 saturated heterocycles. The Bertz CT molecular complexity index is 528. The number of fused-ring (bicyclic) bond motifs is 1. The van der Waals surface area contributed by atoms with E-state index in [9.17, 15) is 8.78 Å². The lowest BCUT2D eigenvalue weighted by Crippen LogP contribution is -2.38. The maximum Gasteiger partial charge on any atom is 0.265 e. The maximum atomic E-state index is 14.4. The number of nitriles is 1. The van der Waals surface area contributed by atoms with Crippen molar-refractivity contribution in [3.63, 3.8) is 0 Å². The Morgan fingerprint density at radius 2 is 2.04 bits per heavy atom. The van der Waals surface area contributed by atoms with E-state index in [4.69, 9.17) is 5.26 Å². The van der Waals surface area contributed by atoms with Crippen molar-refractivity contribution < 1.29 is 8.78 Å². The van der Waals surface area contributed by atoms with E-state index in [0.717, 1.165) is 6.42 Å². The number of halogens is 2. The highest BCUT2D eigenvalue weighted by atomic mass is 19.3. The second-order valence-electron chi connectivity index (χ2n) is 8.92. The van der Waals surface area contributed by atoms with Gasteiger partial charge in [-0.25, -0.2) is 8.78 Å². The van der Waals surface area contributed by atoms with Crippen molar-refractivity contribution in [2.24, 2.45) is 28.6 Å². The SMILES string of the molecule is C/C=C1\CCCC2(C)C1CCC2C(C)CCC(F)(F)C(C)(C)C#N. The topological polar surface area (TPSA) is 23.8 Å². The van der Waals surface area contributed by atoms with Crippen molar-refractivity contribution in [1.82, 2.24) is 0 Å².